The van der Waals surface area contributed by atoms with Crippen molar-refractivity contribution in [2.24, 2.45) is 0 Å². The smallest absolute Gasteiger partial charge is 0.166 e. The molecule has 0 aliphatic carbocycles. The van der Waals surface area contributed by atoms with E-state index in [4.69, 9.17) is 11.6 Å². The van der Waals surface area contributed by atoms with Gasteiger partial charge in [0.05, 0.1) is 11.1 Å². The van der Waals surface area contributed by atoms with E-state index in [2.05, 4.69) is 17.2 Å². The Hall–Kier alpha value is -1.13. The first-order valence-corrected chi connectivity index (χ1v) is 7.07. The van der Waals surface area contributed by atoms with Crippen LogP contribution < -0.4 is 5.32 Å². The molecular weight excluding hydrogens is 271 g/mol. The molecule has 0 radical (unpaired) electrons. The van der Waals surface area contributed by atoms with Gasteiger partial charge in [0.15, 0.2) is 11.6 Å². The number of nitrogens with one attached hydrogen (secondary N) is 1. The SMILES string of the molecule is CCCC(Nc1ncc(Cl)cc1F)c1cccs1. The number of hydrogen-bond acceptors (Lipinski definition) is 3. The van der Waals surface area contributed by atoms with Gasteiger partial charge in [-0.25, -0.2) is 9.37 Å². The average molecular weight is 285 g/mol. The van der Waals surface area contributed by atoms with Crippen LogP contribution in [0.5, 0.6) is 0 Å². The minimum atomic E-state index is -0.417. The second-order valence-corrected chi connectivity index (χ2v) is 5.40. The number of halogens is 2. The summed E-state index contributed by atoms with van der Waals surface area (Å²) in [6, 6.07) is 5.41. The molecule has 0 amide bonds. The van der Waals surface area contributed by atoms with Crippen molar-refractivity contribution in [3.05, 3.63) is 45.5 Å². The van der Waals surface area contributed by atoms with E-state index in [-0.39, 0.29) is 11.9 Å². The number of pyridine rings is 1. The maximum atomic E-state index is 13.7. The van der Waals surface area contributed by atoms with Gasteiger partial charge in [0.2, 0.25) is 0 Å². The van der Waals surface area contributed by atoms with Crippen molar-refractivity contribution in [3.8, 4) is 0 Å². The molecule has 0 aromatic carbocycles. The first-order chi connectivity index (χ1) is 8.70. The zero-order valence-corrected chi connectivity index (χ0v) is 11.6. The lowest BCUT2D eigenvalue weighted by Gasteiger charge is -2.17. The molecule has 2 heterocycles. The van der Waals surface area contributed by atoms with Crippen LogP contribution in [0.3, 0.4) is 0 Å². The summed E-state index contributed by atoms with van der Waals surface area (Å²) >= 11 is 7.35. The minimum absolute atomic E-state index is 0.0955. The highest BCUT2D eigenvalue weighted by Gasteiger charge is 2.14. The lowest BCUT2D eigenvalue weighted by Crippen LogP contribution is -2.11. The molecule has 0 saturated heterocycles. The van der Waals surface area contributed by atoms with Crippen molar-refractivity contribution in [1.82, 2.24) is 4.98 Å². The van der Waals surface area contributed by atoms with Crippen LogP contribution in [0.25, 0.3) is 0 Å². The van der Waals surface area contributed by atoms with E-state index in [0.717, 1.165) is 12.8 Å². The molecule has 0 aliphatic rings. The topological polar surface area (TPSA) is 24.9 Å². The summed E-state index contributed by atoms with van der Waals surface area (Å²) in [5.41, 5.74) is 0. The quantitative estimate of drug-likeness (QED) is 0.845. The fourth-order valence-corrected chi connectivity index (χ4v) is 2.71. The standard InChI is InChI=1S/C13H14ClFN2S/c1-2-4-11(12-5-3-6-18-12)17-13-10(15)7-9(14)8-16-13/h3,5-8,11H,2,4H2,1H3,(H,16,17). The van der Waals surface area contributed by atoms with E-state index in [0.29, 0.717) is 5.02 Å². The van der Waals surface area contributed by atoms with Crippen LogP contribution in [0.15, 0.2) is 29.8 Å². The normalized spacial score (nSPS) is 12.4. The largest absolute Gasteiger partial charge is 0.360 e. The molecule has 1 unspecified atom stereocenters. The molecule has 96 valence electrons. The van der Waals surface area contributed by atoms with Gasteiger partial charge in [0.25, 0.3) is 0 Å². The Balaban J connectivity index is 2.18. The van der Waals surface area contributed by atoms with Gasteiger partial charge in [-0.1, -0.05) is 31.0 Å². The van der Waals surface area contributed by atoms with E-state index in [1.54, 1.807) is 11.3 Å². The maximum Gasteiger partial charge on any atom is 0.166 e. The number of thiophene rings is 1. The fourth-order valence-electron chi connectivity index (χ4n) is 1.75. The number of rotatable bonds is 5. The van der Waals surface area contributed by atoms with Crippen LogP contribution in [0.2, 0.25) is 5.02 Å². The van der Waals surface area contributed by atoms with Gasteiger partial charge in [-0.3, -0.25) is 0 Å². The first kappa shape index (κ1) is 13.3. The van der Waals surface area contributed by atoms with E-state index in [1.807, 2.05) is 17.5 Å². The van der Waals surface area contributed by atoms with Crippen LogP contribution in [-0.4, -0.2) is 4.98 Å². The summed E-state index contributed by atoms with van der Waals surface area (Å²) in [5.74, 6) is -0.161. The molecule has 2 aromatic rings. The van der Waals surface area contributed by atoms with Gasteiger partial charge in [0, 0.05) is 11.1 Å². The number of aromatic nitrogens is 1. The Morgan fingerprint density at radius 1 is 1.56 bits per heavy atom. The van der Waals surface area contributed by atoms with Crippen molar-refractivity contribution < 1.29 is 4.39 Å². The molecule has 0 spiro atoms. The molecular formula is C13H14ClFN2S. The molecule has 2 nitrogen and oxygen atoms in total. The van der Waals surface area contributed by atoms with Gasteiger partial charge in [-0.05, 0) is 23.9 Å². The molecule has 1 atom stereocenters. The average Bonchev–Trinajstić information content (AvgIpc) is 2.85. The Morgan fingerprint density at radius 3 is 3.00 bits per heavy atom. The Bertz CT molecular complexity index is 502. The molecule has 0 fully saturated rings. The summed E-state index contributed by atoms with van der Waals surface area (Å²) in [6.45, 7) is 2.11. The van der Waals surface area contributed by atoms with Crippen molar-refractivity contribution in [1.29, 1.82) is 0 Å². The van der Waals surface area contributed by atoms with Crippen molar-refractivity contribution >= 4 is 28.8 Å². The predicted octanol–water partition coefficient (Wildman–Crippen LogP) is 4.89. The lowest BCUT2D eigenvalue weighted by atomic mass is 10.1. The van der Waals surface area contributed by atoms with Crippen molar-refractivity contribution in [2.45, 2.75) is 25.8 Å². The second-order valence-electron chi connectivity index (χ2n) is 3.98. The van der Waals surface area contributed by atoms with Crippen LogP contribution in [0, 0.1) is 5.82 Å². The number of nitrogens with zero attached hydrogens (tertiary/aromatic N) is 1. The lowest BCUT2D eigenvalue weighted by molar-refractivity contribution is 0.612. The molecule has 0 aliphatic heterocycles. The first-order valence-electron chi connectivity index (χ1n) is 5.81. The van der Waals surface area contributed by atoms with E-state index in [9.17, 15) is 4.39 Å². The van der Waals surface area contributed by atoms with E-state index < -0.39 is 5.82 Å². The molecule has 1 N–H and O–H groups in total. The monoisotopic (exact) mass is 284 g/mol. The highest BCUT2D eigenvalue weighted by atomic mass is 35.5. The van der Waals surface area contributed by atoms with Gasteiger partial charge in [0.1, 0.15) is 0 Å². The Labute approximate surface area is 115 Å². The number of anilines is 1. The molecule has 18 heavy (non-hydrogen) atoms. The fraction of sp³-hybridized carbons (Fsp3) is 0.308. The Morgan fingerprint density at radius 2 is 2.39 bits per heavy atom. The van der Waals surface area contributed by atoms with Crippen LogP contribution in [0.1, 0.15) is 30.7 Å². The van der Waals surface area contributed by atoms with Gasteiger partial charge in [-0.2, -0.15) is 0 Å². The van der Waals surface area contributed by atoms with Crippen LogP contribution in [-0.2, 0) is 0 Å². The summed E-state index contributed by atoms with van der Waals surface area (Å²) < 4.78 is 13.7. The maximum absolute atomic E-state index is 13.7. The van der Waals surface area contributed by atoms with Gasteiger partial charge >= 0.3 is 0 Å². The second kappa shape index (κ2) is 6.16. The predicted molar refractivity (Wildman–Crippen MR) is 74.8 cm³/mol. The van der Waals surface area contributed by atoms with Gasteiger partial charge in [-0.15, -0.1) is 11.3 Å². The van der Waals surface area contributed by atoms with Crippen molar-refractivity contribution in [3.63, 3.8) is 0 Å². The highest BCUT2D eigenvalue weighted by molar-refractivity contribution is 7.10. The van der Waals surface area contributed by atoms with Crippen molar-refractivity contribution in [2.75, 3.05) is 5.32 Å². The molecule has 0 bridgehead atoms. The third kappa shape index (κ3) is 3.21. The molecule has 5 heteroatoms. The van der Waals surface area contributed by atoms with E-state index >= 15 is 0 Å². The number of hydrogen-bond donors (Lipinski definition) is 1. The zero-order chi connectivity index (χ0) is 13.0. The van der Waals surface area contributed by atoms with Crippen LogP contribution >= 0.6 is 22.9 Å². The summed E-state index contributed by atoms with van der Waals surface area (Å²) in [4.78, 5) is 5.18. The third-order valence-corrected chi connectivity index (χ3v) is 3.78. The van der Waals surface area contributed by atoms with E-state index in [1.165, 1.54) is 17.1 Å². The summed E-state index contributed by atoms with van der Waals surface area (Å²) in [6.07, 6.45) is 3.40. The summed E-state index contributed by atoms with van der Waals surface area (Å²) in [7, 11) is 0. The third-order valence-electron chi connectivity index (χ3n) is 2.58. The molecule has 2 rings (SSSR count). The molecule has 0 saturated carbocycles. The zero-order valence-electron chi connectivity index (χ0n) is 9.99. The van der Waals surface area contributed by atoms with Crippen LogP contribution in [0.4, 0.5) is 10.2 Å². The van der Waals surface area contributed by atoms with Gasteiger partial charge < -0.3 is 5.32 Å². The Kier molecular flexibility index (Phi) is 4.55. The highest BCUT2D eigenvalue weighted by Crippen LogP contribution is 2.28. The summed E-state index contributed by atoms with van der Waals surface area (Å²) in [5, 5.41) is 5.47. The molecule has 2 aromatic heterocycles. The minimum Gasteiger partial charge on any atom is -0.360 e.